The summed E-state index contributed by atoms with van der Waals surface area (Å²) >= 11 is 0. The number of ether oxygens (including phenoxy) is 2. The van der Waals surface area contributed by atoms with Crippen molar-refractivity contribution in [1.82, 2.24) is 15.1 Å². The van der Waals surface area contributed by atoms with Gasteiger partial charge in [-0.2, -0.15) is 5.10 Å². The van der Waals surface area contributed by atoms with Crippen LogP contribution in [0.4, 0.5) is 5.82 Å². The molecule has 1 atom stereocenters. The predicted molar refractivity (Wildman–Crippen MR) is 111 cm³/mol. The third-order valence-electron chi connectivity index (χ3n) is 5.46. The number of nitrogens with one attached hydrogen (secondary N) is 2. The van der Waals surface area contributed by atoms with Gasteiger partial charge in [0, 0.05) is 11.6 Å². The first kappa shape index (κ1) is 20.7. The molecule has 0 radical (unpaired) electrons. The fraction of sp³-hybridized carbons (Fsp3) is 0.500. The number of sulfone groups is 1. The molecule has 9 nitrogen and oxygen atoms in total. The second-order valence-electron chi connectivity index (χ2n) is 8.27. The van der Waals surface area contributed by atoms with E-state index in [9.17, 15) is 13.2 Å². The summed E-state index contributed by atoms with van der Waals surface area (Å²) in [7, 11) is -3.05. The van der Waals surface area contributed by atoms with Gasteiger partial charge in [0.2, 0.25) is 12.7 Å². The number of aryl methyl sites for hydroxylation is 1. The summed E-state index contributed by atoms with van der Waals surface area (Å²) in [5.41, 5.74) is 1.22. The Bertz CT molecular complexity index is 1080. The highest BCUT2D eigenvalue weighted by Gasteiger charge is 2.31. The first-order valence-corrected chi connectivity index (χ1v) is 11.7. The normalized spacial score (nSPS) is 19.8. The van der Waals surface area contributed by atoms with Crippen LogP contribution in [0, 0.1) is 6.92 Å². The standard InChI is InChI=1S/C20H26N4O5S/c1-13-8-18(24(23-13)15-6-7-30(26,27)11-15)22-19(25)10-21-20(2,3)14-4-5-16-17(9-14)29-12-28-16/h4-5,8-9,15,21H,6-7,10-12H2,1-3H3,(H,22,25). The van der Waals surface area contributed by atoms with E-state index in [0.29, 0.717) is 23.7 Å². The summed E-state index contributed by atoms with van der Waals surface area (Å²) in [4.78, 5) is 12.6. The summed E-state index contributed by atoms with van der Waals surface area (Å²) < 4.78 is 36.0. The van der Waals surface area contributed by atoms with Crippen LogP contribution < -0.4 is 20.1 Å². The van der Waals surface area contributed by atoms with Crippen molar-refractivity contribution < 1.29 is 22.7 Å². The van der Waals surface area contributed by atoms with E-state index in [0.717, 1.165) is 11.3 Å². The number of anilines is 1. The lowest BCUT2D eigenvalue weighted by Crippen LogP contribution is -2.41. The fourth-order valence-corrected chi connectivity index (χ4v) is 5.42. The van der Waals surface area contributed by atoms with E-state index in [2.05, 4.69) is 15.7 Å². The van der Waals surface area contributed by atoms with Crippen molar-refractivity contribution in [1.29, 1.82) is 0 Å². The molecule has 2 aliphatic rings. The molecular formula is C20H26N4O5S. The quantitative estimate of drug-likeness (QED) is 0.712. The zero-order valence-corrected chi connectivity index (χ0v) is 18.1. The van der Waals surface area contributed by atoms with Crippen molar-refractivity contribution in [2.75, 3.05) is 30.2 Å². The smallest absolute Gasteiger partial charge is 0.239 e. The van der Waals surface area contributed by atoms with Gasteiger partial charge in [-0.05, 0) is 44.9 Å². The van der Waals surface area contributed by atoms with Crippen LogP contribution in [0.5, 0.6) is 11.5 Å². The summed E-state index contributed by atoms with van der Waals surface area (Å²) in [6.07, 6.45) is 0.502. The van der Waals surface area contributed by atoms with Gasteiger partial charge in [-0.3, -0.25) is 10.1 Å². The zero-order chi connectivity index (χ0) is 21.5. The number of hydrogen-bond acceptors (Lipinski definition) is 7. The molecule has 10 heteroatoms. The first-order chi connectivity index (χ1) is 14.1. The van der Waals surface area contributed by atoms with Crippen molar-refractivity contribution in [3.63, 3.8) is 0 Å². The molecule has 30 heavy (non-hydrogen) atoms. The second-order valence-corrected chi connectivity index (χ2v) is 10.5. The van der Waals surface area contributed by atoms with Gasteiger partial charge in [0.25, 0.3) is 0 Å². The maximum atomic E-state index is 12.6. The van der Waals surface area contributed by atoms with Crippen molar-refractivity contribution in [2.45, 2.75) is 38.8 Å². The van der Waals surface area contributed by atoms with Crippen LogP contribution in [0.25, 0.3) is 0 Å². The largest absolute Gasteiger partial charge is 0.454 e. The average molecular weight is 435 g/mol. The fourth-order valence-electron chi connectivity index (χ4n) is 3.73. The molecule has 2 N–H and O–H groups in total. The molecule has 0 aliphatic carbocycles. The minimum Gasteiger partial charge on any atom is -0.454 e. The zero-order valence-electron chi connectivity index (χ0n) is 17.3. The molecule has 0 bridgehead atoms. The Morgan fingerprint density at radius 1 is 1.27 bits per heavy atom. The van der Waals surface area contributed by atoms with Gasteiger partial charge in [0.1, 0.15) is 5.82 Å². The van der Waals surface area contributed by atoms with Crippen molar-refractivity contribution in [3.8, 4) is 11.5 Å². The Kier molecular flexibility index (Phi) is 5.23. The molecule has 1 amide bonds. The highest BCUT2D eigenvalue weighted by Crippen LogP contribution is 2.35. The summed E-state index contributed by atoms with van der Waals surface area (Å²) in [5, 5.41) is 10.5. The number of benzene rings is 1. The van der Waals surface area contributed by atoms with Crippen LogP contribution in [0.15, 0.2) is 24.3 Å². The van der Waals surface area contributed by atoms with Gasteiger partial charge < -0.3 is 14.8 Å². The van der Waals surface area contributed by atoms with Crippen LogP contribution >= 0.6 is 0 Å². The van der Waals surface area contributed by atoms with E-state index in [4.69, 9.17) is 9.47 Å². The molecule has 1 fully saturated rings. The van der Waals surface area contributed by atoms with Crippen molar-refractivity contribution in [3.05, 3.63) is 35.5 Å². The summed E-state index contributed by atoms with van der Waals surface area (Å²) in [5.74, 6) is 1.89. The Hall–Kier alpha value is -2.59. The number of aromatic nitrogens is 2. The number of hydrogen-bond donors (Lipinski definition) is 2. The van der Waals surface area contributed by atoms with Crippen LogP contribution in [0.2, 0.25) is 0 Å². The molecule has 0 saturated carbocycles. The van der Waals surface area contributed by atoms with Crippen molar-refractivity contribution in [2.24, 2.45) is 0 Å². The van der Waals surface area contributed by atoms with E-state index in [-0.39, 0.29) is 36.8 Å². The number of fused-ring (bicyclic) bond motifs is 1. The van der Waals surface area contributed by atoms with Crippen LogP contribution in [0.1, 0.15) is 37.6 Å². The summed E-state index contributed by atoms with van der Waals surface area (Å²) in [6.45, 7) is 6.07. The Morgan fingerprint density at radius 2 is 2.03 bits per heavy atom. The van der Waals surface area contributed by atoms with E-state index in [1.807, 2.05) is 39.0 Å². The van der Waals surface area contributed by atoms with E-state index in [1.54, 1.807) is 10.7 Å². The number of amides is 1. The molecule has 1 aromatic heterocycles. The molecule has 2 aliphatic heterocycles. The average Bonchev–Trinajstić information content (AvgIpc) is 3.37. The number of nitrogens with zero attached hydrogens (tertiary/aromatic N) is 2. The molecule has 0 spiro atoms. The maximum absolute atomic E-state index is 12.6. The van der Waals surface area contributed by atoms with Gasteiger partial charge in [0.15, 0.2) is 21.3 Å². The maximum Gasteiger partial charge on any atom is 0.239 e. The minimum atomic E-state index is -3.05. The highest BCUT2D eigenvalue weighted by atomic mass is 32.2. The SMILES string of the molecule is Cc1cc(NC(=O)CNC(C)(C)c2ccc3c(c2)OCO3)n(C2CCS(=O)(=O)C2)n1. The molecule has 1 aromatic carbocycles. The molecular weight excluding hydrogens is 408 g/mol. The first-order valence-electron chi connectivity index (χ1n) is 9.84. The van der Waals surface area contributed by atoms with Gasteiger partial charge in [-0.25, -0.2) is 13.1 Å². The van der Waals surface area contributed by atoms with E-state index >= 15 is 0 Å². The van der Waals surface area contributed by atoms with Crippen molar-refractivity contribution >= 4 is 21.6 Å². The molecule has 1 unspecified atom stereocenters. The van der Waals surface area contributed by atoms with E-state index in [1.165, 1.54) is 0 Å². The molecule has 1 saturated heterocycles. The Labute approximate surface area is 175 Å². The molecule has 4 rings (SSSR count). The minimum absolute atomic E-state index is 0.0480. The Morgan fingerprint density at radius 3 is 2.77 bits per heavy atom. The van der Waals surface area contributed by atoms with Gasteiger partial charge in [0.05, 0.1) is 29.8 Å². The topological polar surface area (TPSA) is 112 Å². The van der Waals surface area contributed by atoms with Gasteiger partial charge in [-0.1, -0.05) is 6.07 Å². The third-order valence-corrected chi connectivity index (χ3v) is 7.22. The van der Waals surface area contributed by atoms with Crippen LogP contribution in [0.3, 0.4) is 0 Å². The lowest BCUT2D eigenvalue weighted by atomic mass is 9.94. The third kappa shape index (κ3) is 4.29. The number of rotatable bonds is 6. The number of carbonyl (C=O) groups is 1. The van der Waals surface area contributed by atoms with Crippen LogP contribution in [-0.4, -0.2) is 48.9 Å². The van der Waals surface area contributed by atoms with E-state index < -0.39 is 15.4 Å². The van der Waals surface area contributed by atoms with Gasteiger partial charge >= 0.3 is 0 Å². The molecule has 3 heterocycles. The molecule has 2 aromatic rings. The second kappa shape index (κ2) is 7.59. The lowest BCUT2D eigenvalue weighted by Gasteiger charge is -2.27. The van der Waals surface area contributed by atoms with Crippen LogP contribution in [-0.2, 0) is 20.2 Å². The lowest BCUT2D eigenvalue weighted by molar-refractivity contribution is -0.115. The summed E-state index contributed by atoms with van der Waals surface area (Å²) in [6, 6.07) is 7.21. The Balaban J connectivity index is 1.41. The van der Waals surface area contributed by atoms with Gasteiger partial charge in [-0.15, -0.1) is 0 Å². The predicted octanol–water partition coefficient (Wildman–Crippen LogP) is 1.74. The molecule has 162 valence electrons. The monoisotopic (exact) mass is 434 g/mol. The highest BCUT2D eigenvalue weighted by molar-refractivity contribution is 7.91. The number of carbonyl (C=O) groups excluding carboxylic acids is 1.